The fourth-order valence-corrected chi connectivity index (χ4v) is 5.31. The van der Waals surface area contributed by atoms with Crippen LogP contribution in [0.25, 0.3) is 0 Å². The molecule has 0 aromatic heterocycles. The first kappa shape index (κ1) is 19.4. The molecule has 1 aromatic rings. The second-order valence-corrected chi connectivity index (χ2v) is 9.13. The van der Waals surface area contributed by atoms with E-state index in [-0.39, 0.29) is 23.4 Å². The highest BCUT2D eigenvalue weighted by atomic mass is 35.5. The second-order valence-electron chi connectivity index (χ2n) is 6.80. The number of hydrogen-bond donors (Lipinski definition) is 0. The third-order valence-electron chi connectivity index (χ3n) is 4.72. The molecule has 2 heterocycles. The molecule has 2 saturated heterocycles. The lowest BCUT2D eigenvalue weighted by Crippen LogP contribution is -2.53. The number of hydrogen-bond acceptors (Lipinski definition) is 4. The highest BCUT2D eigenvalue weighted by Crippen LogP contribution is 2.30. The Labute approximate surface area is 159 Å². The largest absolute Gasteiger partial charge is 0.378 e. The van der Waals surface area contributed by atoms with Crippen molar-refractivity contribution in [2.75, 3.05) is 39.4 Å². The van der Waals surface area contributed by atoms with Crippen molar-refractivity contribution in [1.29, 1.82) is 0 Å². The van der Waals surface area contributed by atoms with Crippen molar-refractivity contribution in [3.05, 3.63) is 29.3 Å². The van der Waals surface area contributed by atoms with E-state index in [9.17, 15) is 13.2 Å². The van der Waals surface area contributed by atoms with Crippen LogP contribution in [-0.4, -0.2) is 74.1 Å². The van der Waals surface area contributed by atoms with Crippen molar-refractivity contribution in [1.82, 2.24) is 14.1 Å². The molecule has 3 rings (SSSR count). The van der Waals surface area contributed by atoms with E-state index in [0.29, 0.717) is 37.9 Å². The van der Waals surface area contributed by atoms with Crippen LogP contribution in [0.3, 0.4) is 0 Å². The van der Waals surface area contributed by atoms with Crippen LogP contribution in [0.1, 0.15) is 13.8 Å². The van der Waals surface area contributed by atoms with Crippen LogP contribution < -0.4 is 0 Å². The summed E-state index contributed by atoms with van der Waals surface area (Å²) in [6, 6.07) is 6.00. The average molecular weight is 402 g/mol. The van der Waals surface area contributed by atoms with Crippen LogP contribution in [0.4, 0.5) is 4.79 Å². The van der Waals surface area contributed by atoms with Crippen molar-refractivity contribution < 1.29 is 17.9 Å². The minimum absolute atomic E-state index is 0.0374. The van der Waals surface area contributed by atoms with Gasteiger partial charge in [0.05, 0.1) is 18.1 Å². The lowest BCUT2D eigenvalue weighted by atomic mass is 10.1. The van der Waals surface area contributed by atoms with Crippen LogP contribution in [0.5, 0.6) is 0 Å². The Morgan fingerprint density at radius 3 is 2.31 bits per heavy atom. The normalized spacial score (nSPS) is 22.2. The molecule has 0 saturated carbocycles. The second kappa shape index (κ2) is 7.72. The summed E-state index contributed by atoms with van der Waals surface area (Å²) in [5.74, 6) is -0.0374. The Hall–Kier alpha value is -1.35. The van der Waals surface area contributed by atoms with Crippen LogP contribution >= 0.6 is 11.6 Å². The van der Waals surface area contributed by atoms with E-state index in [1.54, 1.807) is 21.9 Å². The number of nitrogens with zero attached hydrogens (tertiary/aromatic N) is 3. The fraction of sp³-hybridized carbons (Fsp3) is 0.588. The van der Waals surface area contributed by atoms with Gasteiger partial charge in [-0.2, -0.15) is 4.31 Å². The zero-order valence-electron chi connectivity index (χ0n) is 15.0. The van der Waals surface area contributed by atoms with Crippen LogP contribution in [0.15, 0.2) is 29.2 Å². The van der Waals surface area contributed by atoms with Gasteiger partial charge < -0.3 is 14.5 Å². The van der Waals surface area contributed by atoms with Gasteiger partial charge in [0.25, 0.3) is 0 Å². The number of halogens is 1. The number of morpholine rings is 1. The Balaban J connectivity index is 1.86. The lowest BCUT2D eigenvalue weighted by Gasteiger charge is -2.37. The molecule has 2 aliphatic heterocycles. The molecule has 144 valence electrons. The average Bonchev–Trinajstić information content (AvgIpc) is 3.08. The van der Waals surface area contributed by atoms with Gasteiger partial charge in [0.2, 0.25) is 10.0 Å². The van der Waals surface area contributed by atoms with E-state index >= 15 is 0 Å². The standard InChI is InChI=1S/C17H24ClN3O4S/c1-13(2)16-20(17(22)19-9-11-25-12-10-19)7-8-21(16)26(23,24)15-5-3-14(18)4-6-15/h3-6,13,16H,7-12H2,1-2H3/t16-/m0/s1. The third kappa shape index (κ3) is 3.69. The number of ether oxygens (including phenoxy) is 1. The predicted octanol–water partition coefficient (Wildman–Crippen LogP) is 2.08. The maximum atomic E-state index is 13.1. The van der Waals surface area contributed by atoms with E-state index in [1.165, 1.54) is 16.4 Å². The number of urea groups is 1. The van der Waals surface area contributed by atoms with Crippen molar-refractivity contribution in [3.8, 4) is 0 Å². The smallest absolute Gasteiger partial charge is 0.321 e. The molecule has 7 nitrogen and oxygen atoms in total. The minimum Gasteiger partial charge on any atom is -0.378 e. The highest BCUT2D eigenvalue weighted by molar-refractivity contribution is 7.89. The number of sulfonamides is 1. The van der Waals surface area contributed by atoms with Gasteiger partial charge in [-0.15, -0.1) is 0 Å². The van der Waals surface area contributed by atoms with Crippen molar-refractivity contribution >= 4 is 27.7 Å². The first-order valence-electron chi connectivity index (χ1n) is 8.73. The number of amides is 2. The summed E-state index contributed by atoms with van der Waals surface area (Å²) in [6.07, 6.45) is -0.508. The van der Waals surface area contributed by atoms with E-state index in [0.717, 1.165) is 0 Å². The Morgan fingerprint density at radius 2 is 1.73 bits per heavy atom. The van der Waals surface area contributed by atoms with E-state index in [1.807, 2.05) is 13.8 Å². The number of benzene rings is 1. The molecule has 1 atom stereocenters. The molecule has 2 amide bonds. The Morgan fingerprint density at radius 1 is 1.12 bits per heavy atom. The SMILES string of the molecule is CC(C)[C@H]1N(C(=O)N2CCOCC2)CCN1S(=O)(=O)c1ccc(Cl)cc1. The molecule has 0 radical (unpaired) electrons. The van der Waals surface area contributed by atoms with Gasteiger partial charge in [-0.3, -0.25) is 0 Å². The molecular formula is C17H24ClN3O4S. The van der Waals surface area contributed by atoms with Gasteiger partial charge in [-0.25, -0.2) is 13.2 Å². The zero-order valence-corrected chi connectivity index (χ0v) is 16.5. The minimum atomic E-state index is -3.71. The molecule has 26 heavy (non-hydrogen) atoms. The molecule has 0 unspecified atom stereocenters. The van der Waals surface area contributed by atoms with Gasteiger partial charge in [0.1, 0.15) is 6.17 Å². The van der Waals surface area contributed by atoms with Gasteiger partial charge in [-0.1, -0.05) is 25.4 Å². The highest BCUT2D eigenvalue weighted by Gasteiger charge is 2.44. The summed E-state index contributed by atoms with van der Waals surface area (Å²) in [5, 5.41) is 0.481. The van der Waals surface area contributed by atoms with Crippen molar-refractivity contribution in [2.24, 2.45) is 5.92 Å². The predicted molar refractivity (Wildman–Crippen MR) is 98.5 cm³/mol. The molecule has 2 fully saturated rings. The lowest BCUT2D eigenvalue weighted by molar-refractivity contribution is 0.0370. The molecule has 9 heteroatoms. The summed E-state index contributed by atoms with van der Waals surface area (Å²) in [7, 11) is -3.71. The number of carbonyl (C=O) groups excluding carboxylic acids is 1. The summed E-state index contributed by atoms with van der Waals surface area (Å²) >= 11 is 5.87. The van der Waals surface area contributed by atoms with E-state index in [4.69, 9.17) is 16.3 Å². The monoisotopic (exact) mass is 401 g/mol. The summed E-state index contributed by atoms with van der Waals surface area (Å²) < 4.78 is 33.0. The molecule has 0 bridgehead atoms. The zero-order chi connectivity index (χ0) is 18.9. The Bertz CT molecular complexity index is 748. The summed E-state index contributed by atoms with van der Waals surface area (Å²) in [4.78, 5) is 16.5. The first-order chi connectivity index (χ1) is 12.3. The van der Waals surface area contributed by atoms with E-state index in [2.05, 4.69) is 0 Å². The van der Waals surface area contributed by atoms with Gasteiger partial charge >= 0.3 is 6.03 Å². The van der Waals surface area contributed by atoms with Gasteiger partial charge in [-0.05, 0) is 30.2 Å². The number of carbonyl (C=O) groups is 1. The quantitative estimate of drug-likeness (QED) is 0.777. The van der Waals surface area contributed by atoms with Crippen LogP contribution in [0.2, 0.25) is 5.02 Å². The van der Waals surface area contributed by atoms with Crippen LogP contribution in [-0.2, 0) is 14.8 Å². The van der Waals surface area contributed by atoms with Gasteiger partial charge in [0.15, 0.2) is 0 Å². The first-order valence-corrected chi connectivity index (χ1v) is 10.5. The van der Waals surface area contributed by atoms with Crippen molar-refractivity contribution in [3.63, 3.8) is 0 Å². The molecule has 2 aliphatic rings. The molecule has 1 aromatic carbocycles. The van der Waals surface area contributed by atoms with Crippen LogP contribution in [0, 0.1) is 5.92 Å². The molecular weight excluding hydrogens is 378 g/mol. The topological polar surface area (TPSA) is 70.2 Å². The third-order valence-corrected chi connectivity index (χ3v) is 6.86. The van der Waals surface area contributed by atoms with Gasteiger partial charge in [0, 0.05) is 31.2 Å². The summed E-state index contributed by atoms with van der Waals surface area (Å²) in [6.45, 7) is 6.61. The molecule has 0 spiro atoms. The summed E-state index contributed by atoms with van der Waals surface area (Å²) in [5.41, 5.74) is 0. The maximum Gasteiger partial charge on any atom is 0.321 e. The number of rotatable bonds is 3. The fourth-order valence-electron chi connectivity index (χ4n) is 3.47. The maximum absolute atomic E-state index is 13.1. The molecule has 0 aliphatic carbocycles. The van der Waals surface area contributed by atoms with Crippen molar-refractivity contribution in [2.45, 2.75) is 24.9 Å². The van der Waals surface area contributed by atoms with E-state index < -0.39 is 16.2 Å². The molecule has 0 N–H and O–H groups in total. The Kier molecular flexibility index (Phi) is 5.76.